The molecule has 1 N–H and O–H groups in total. The molecule has 4 rings (SSSR count). The largest absolute Gasteiger partial charge is 0.337 e. The summed E-state index contributed by atoms with van der Waals surface area (Å²) >= 11 is 0. The molecule has 2 aliphatic heterocycles. The van der Waals surface area contributed by atoms with Gasteiger partial charge in [-0.3, -0.25) is 14.7 Å². The first kappa shape index (κ1) is 20.9. The minimum Gasteiger partial charge on any atom is -0.337 e. The van der Waals surface area contributed by atoms with Gasteiger partial charge < -0.3 is 10.2 Å². The van der Waals surface area contributed by atoms with E-state index in [1.54, 1.807) is 0 Å². The summed E-state index contributed by atoms with van der Waals surface area (Å²) in [5.41, 5.74) is 2.51. The fourth-order valence-corrected chi connectivity index (χ4v) is 3.86. The van der Waals surface area contributed by atoms with Crippen LogP contribution in [0.15, 0.2) is 30.3 Å². The Labute approximate surface area is 167 Å². The maximum absolute atomic E-state index is 13.1. The number of hydrogen-bond donors (Lipinski definition) is 1. The van der Waals surface area contributed by atoms with Gasteiger partial charge in [-0.15, -0.1) is 24.8 Å². The lowest BCUT2D eigenvalue weighted by molar-refractivity contribution is 0.0775. The number of fused-ring (bicyclic) bond motifs is 1. The number of para-hydroxylation sites is 1. The number of amides is 1. The number of carbonyl (C=O) groups is 1. The van der Waals surface area contributed by atoms with E-state index < -0.39 is 0 Å². The zero-order valence-electron chi connectivity index (χ0n) is 15.0. The zero-order chi connectivity index (χ0) is 16.5. The molecule has 0 spiro atoms. The van der Waals surface area contributed by atoms with Gasteiger partial charge in [0.15, 0.2) is 0 Å². The Bertz CT molecular complexity index is 764. The number of aromatic nitrogens is 1. The van der Waals surface area contributed by atoms with Crippen LogP contribution in [0.1, 0.15) is 22.5 Å². The molecule has 0 aliphatic carbocycles. The van der Waals surface area contributed by atoms with Crippen molar-refractivity contribution in [1.29, 1.82) is 0 Å². The van der Waals surface area contributed by atoms with Gasteiger partial charge in [0.1, 0.15) is 0 Å². The van der Waals surface area contributed by atoms with Crippen molar-refractivity contribution < 1.29 is 4.79 Å². The molecule has 3 heterocycles. The number of hydrogen-bond acceptors (Lipinski definition) is 4. The Morgan fingerprint density at radius 1 is 1.12 bits per heavy atom. The molecule has 1 aromatic heterocycles. The fourth-order valence-electron chi connectivity index (χ4n) is 3.86. The first-order valence-corrected chi connectivity index (χ1v) is 8.83. The highest BCUT2D eigenvalue weighted by atomic mass is 35.5. The molecule has 1 unspecified atom stereocenters. The molecule has 0 saturated carbocycles. The number of pyridine rings is 1. The lowest BCUT2D eigenvalue weighted by Gasteiger charge is -2.32. The van der Waals surface area contributed by atoms with Gasteiger partial charge in [-0.1, -0.05) is 18.2 Å². The van der Waals surface area contributed by atoms with Gasteiger partial charge in [-0.25, -0.2) is 0 Å². The maximum Gasteiger partial charge on any atom is 0.256 e. The van der Waals surface area contributed by atoms with Crippen LogP contribution < -0.4 is 5.32 Å². The minimum atomic E-state index is 0. The summed E-state index contributed by atoms with van der Waals surface area (Å²) in [5, 5.41) is 4.42. The molecule has 2 saturated heterocycles. The van der Waals surface area contributed by atoms with Gasteiger partial charge in [-0.2, -0.15) is 0 Å². The molecule has 0 bridgehead atoms. The second-order valence-electron chi connectivity index (χ2n) is 6.81. The highest BCUT2D eigenvalue weighted by molar-refractivity contribution is 6.05. The number of aryl methyl sites for hydroxylation is 1. The molecule has 1 aromatic carbocycles. The maximum atomic E-state index is 13.1. The van der Waals surface area contributed by atoms with E-state index in [0.29, 0.717) is 6.04 Å². The molecular weight excluding hydrogens is 371 g/mol. The third kappa shape index (κ3) is 4.12. The number of nitrogens with one attached hydrogen (secondary N) is 1. The van der Waals surface area contributed by atoms with Gasteiger partial charge in [0.2, 0.25) is 0 Å². The van der Waals surface area contributed by atoms with Crippen molar-refractivity contribution in [3.05, 3.63) is 41.6 Å². The number of piperazine rings is 1. The first-order chi connectivity index (χ1) is 11.7. The summed E-state index contributed by atoms with van der Waals surface area (Å²) < 4.78 is 0. The lowest BCUT2D eigenvalue weighted by Crippen LogP contribution is -2.49. The van der Waals surface area contributed by atoms with Gasteiger partial charge in [-0.05, 0) is 25.5 Å². The average molecular weight is 397 g/mol. The predicted molar refractivity (Wildman–Crippen MR) is 110 cm³/mol. The molecule has 2 aromatic rings. The summed E-state index contributed by atoms with van der Waals surface area (Å²) in [6, 6.07) is 10.4. The van der Waals surface area contributed by atoms with E-state index >= 15 is 0 Å². The summed E-state index contributed by atoms with van der Waals surface area (Å²) in [4.78, 5) is 22.2. The molecule has 0 radical (unpaired) electrons. The Morgan fingerprint density at radius 2 is 1.88 bits per heavy atom. The SMILES string of the molecule is Cc1ccc2cccc(C(=O)N3CCC(N4CCNCC4)C3)c2n1.Cl.Cl. The highest BCUT2D eigenvalue weighted by Crippen LogP contribution is 2.23. The van der Waals surface area contributed by atoms with Crippen LogP contribution in [0.3, 0.4) is 0 Å². The van der Waals surface area contributed by atoms with Crippen LogP contribution in [0.4, 0.5) is 0 Å². The number of likely N-dealkylation sites (tertiary alicyclic amines) is 1. The zero-order valence-corrected chi connectivity index (χ0v) is 16.6. The molecule has 142 valence electrons. The summed E-state index contributed by atoms with van der Waals surface area (Å²) in [6.07, 6.45) is 1.07. The second kappa shape index (κ2) is 9.00. The van der Waals surface area contributed by atoms with Gasteiger partial charge in [0.25, 0.3) is 5.91 Å². The van der Waals surface area contributed by atoms with Crippen molar-refractivity contribution in [2.24, 2.45) is 0 Å². The molecule has 7 heteroatoms. The highest BCUT2D eigenvalue weighted by Gasteiger charge is 2.31. The van der Waals surface area contributed by atoms with Crippen LogP contribution in [0.2, 0.25) is 0 Å². The summed E-state index contributed by atoms with van der Waals surface area (Å²) in [6.45, 7) is 7.92. The van der Waals surface area contributed by atoms with E-state index in [2.05, 4.69) is 15.2 Å². The van der Waals surface area contributed by atoms with Crippen molar-refractivity contribution in [3.8, 4) is 0 Å². The van der Waals surface area contributed by atoms with E-state index in [4.69, 9.17) is 0 Å². The molecule has 2 aliphatic rings. The number of nitrogens with zero attached hydrogens (tertiary/aromatic N) is 3. The lowest BCUT2D eigenvalue weighted by atomic mass is 10.1. The van der Waals surface area contributed by atoms with E-state index in [-0.39, 0.29) is 30.7 Å². The topological polar surface area (TPSA) is 48.5 Å². The molecule has 5 nitrogen and oxygen atoms in total. The standard InChI is InChI=1S/C19H24N4O.2ClH/c1-14-5-6-15-3-2-4-17(18(15)21-14)19(24)23-10-7-16(13-23)22-11-8-20-9-12-22;;/h2-6,16,20H,7-13H2,1H3;2*1H. The molecule has 1 atom stereocenters. The van der Waals surface area contributed by atoms with Crippen LogP contribution in [0.25, 0.3) is 10.9 Å². The third-order valence-corrected chi connectivity index (χ3v) is 5.21. The van der Waals surface area contributed by atoms with Gasteiger partial charge in [0, 0.05) is 56.4 Å². The fraction of sp³-hybridized carbons (Fsp3) is 0.474. The van der Waals surface area contributed by atoms with Gasteiger partial charge >= 0.3 is 0 Å². The molecule has 1 amide bonds. The monoisotopic (exact) mass is 396 g/mol. The number of halogens is 2. The molecular formula is C19H26Cl2N4O. The molecule has 2 fully saturated rings. The number of benzene rings is 1. The number of carbonyl (C=O) groups excluding carboxylic acids is 1. The second-order valence-corrected chi connectivity index (χ2v) is 6.81. The average Bonchev–Trinajstić information content (AvgIpc) is 3.11. The third-order valence-electron chi connectivity index (χ3n) is 5.21. The smallest absolute Gasteiger partial charge is 0.256 e. The van der Waals surface area contributed by atoms with Crippen LogP contribution in [-0.4, -0.2) is 66.0 Å². The van der Waals surface area contributed by atoms with Crippen molar-refractivity contribution >= 4 is 41.6 Å². The first-order valence-electron chi connectivity index (χ1n) is 8.83. The van der Waals surface area contributed by atoms with Crippen molar-refractivity contribution in [2.45, 2.75) is 19.4 Å². The van der Waals surface area contributed by atoms with Crippen molar-refractivity contribution in [1.82, 2.24) is 20.1 Å². The Morgan fingerprint density at radius 3 is 2.65 bits per heavy atom. The van der Waals surface area contributed by atoms with Crippen LogP contribution in [0.5, 0.6) is 0 Å². The summed E-state index contributed by atoms with van der Waals surface area (Å²) in [7, 11) is 0. The van der Waals surface area contributed by atoms with Gasteiger partial charge in [0.05, 0.1) is 11.1 Å². The van der Waals surface area contributed by atoms with E-state index in [1.807, 2.05) is 42.2 Å². The summed E-state index contributed by atoms with van der Waals surface area (Å²) in [5.74, 6) is 0.122. The Hall–Kier alpha value is -1.40. The number of rotatable bonds is 2. The van der Waals surface area contributed by atoms with Crippen molar-refractivity contribution in [2.75, 3.05) is 39.3 Å². The van der Waals surface area contributed by atoms with Crippen LogP contribution >= 0.6 is 24.8 Å². The Kier molecular flexibility index (Phi) is 7.24. The van der Waals surface area contributed by atoms with Crippen LogP contribution in [-0.2, 0) is 0 Å². The Balaban J connectivity index is 0.00000121. The van der Waals surface area contributed by atoms with E-state index in [0.717, 1.165) is 67.8 Å². The van der Waals surface area contributed by atoms with Crippen LogP contribution in [0, 0.1) is 6.92 Å². The predicted octanol–water partition coefficient (Wildman–Crippen LogP) is 2.51. The quantitative estimate of drug-likeness (QED) is 0.846. The molecule has 26 heavy (non-hydrogen) atoms. The van der Waals surface area contributed by atoms with Crippen molar-refractivity contribution in [3.63, 3.8) is 0 Å². The van der Waals surface area contributed by atoms with E-state index in [1.165, 1.54) is 0 Å². The minimum absolute atomic E-state index is 0. The normalized spacial score (nSPS) is 20.5. The van der Waals surface area contributed by atoms with E-state index in [9.17, 15) is 4.79 Å².